The number of amides is 1. The summed E-state index contributed by atoms with van der Waals surface area (Å²) in [5.74, 6) is -1.31. The van der Waals surface area contributed by atoms with Gasteiger partial charge in [-0.25, -0.2) is 4.79 Å². The first-order valence-corrected chi connectivity index (χ1v) is 6.70. The van der Waals surface area contributed by atoms with Gasteiger partial charge in [0.1, 0.15) is 0 Å². The predicted octanol–water partition coefficient (Wildman–Crippen LogP) is 3.34. The average molecular weight is 296 g/mol. The Labute approximate surface area is 128 Å². The number of carboxylic acids is 1. The van der Waals surface area contributed by atoms with Gasteiger partial charge in [-0.05, 0) is 31.2 Å². The summed E-state index contributed by atoms with van der Waals surface area (Å²) >= 11 is 0. The van der Waals surface area contributed by atoms with Gasteiger partial charge in [0, 0.05) is 17.5 Å². The van der Waals surface area contributed by atoms with E-state index in [1.165, 1.54) is 12.1 Å². The molecule has 5 heteroatoms. The van der Waals surface area contributed by atoms with Gasteiger partial charge in [-0.2, -0.15) is 0 Å². The zero-order valence-corrected chi connectivity index (χ0v) is 12.0. The number of anilines is 2. The first kappa shape index (κ1) is 15.3. The largest absolute Gasteiger partial charge is 0.478 e. The van der Waals surface area contributed by atoms with Crippen LogP contribution in [-0.2, 0) is 4.79 Å². The first-order chi connectivity index (χ1) is 10.6. The zero-order chi connectivity index (χ0) is 15.9. The lowest BCUT2D eigenvalue weighted by atomic mass is 10.1. The van der Waals surface area contributed by atoms with Crippen molar-refractivity contribution >= 4 is 23.3 Å². The summed E-state index contributed by atoms with van der Waals surface area (Å²) in [6.45, 7) is 1.70. The molecule has 2 aromatic carbocycles. The molecule has 112 valence electrons. The molecule has 0 aromatic heterocycles. The fourth-order valence-corrected chi connectivity index (χ4v) is 1.92. The SMILES string of the molecule is CC(=CC(=O)Nc1ccccc1)Nc1ccccc1C(=O)O. The van der Waals surface area contributed by atoms with E-state index in [-0.39, 0.29) is 11.5 Å². The Bertz CT molecular complexity index is 709. The van der Waals surface area contributed by atoms with Gasteiger partial charge in [-0.1, -0.05) is 30.3 Å². The number of carbonyl (C=O) groups is 2. The standard InChI is InChI=1S/C17H16N2O3/c1-12(11-16(20)19-13-7-3-2-4-8-13)18-15-10-6-5-9-14(15)17(21)22/h2-11,18H,1H3,(H,19,20)(H,21,22). The first-order valence-electron chi connectivity index (χ1n) is 6.70. The van der Waals surface area contributed by atoms with Crippen molar-refractivity contribution in [3.05, 3.63) is 71.9 Å². The number of benzene rings is 2. The maximum absolute atomic E-state index is 11.9. The van der Waals surface area contributed by atoms with Crippen molar-refractivity contribution in [1.29, 1.82) is 0 Å². The van der Waals surface area contributed by atoms with Crippen LogP contribution in [0.2, 0.25) is 0 Å². The van der Waals surface area contributed by atoms with Crippen molar-refractivity contribution in [3.63, 3.8) is 0 Å². The smallest absolute Gasteiger partial charge is 0.337 e. The molecule has 2 aromatic rings. The normalized spacial score (nSPS) is 10.9. The van der Waals surface area contributed by atoms with Crippen LogP contribution in [0.4, 0.5) is 11.4 Å². The van der Waals surface area contributed by atoms with Crippen LogP contribution in [0, 0.1) is 0 Å². The van der Waals surface area contributed by atoms with Crippen LogP contribution in [0.25, 0.3) is 0 Å². The Balaban J connectivity index is 2.07. The summed E-state index contributed by atoms with van der Waals surface area (Å²) in [6.07, 6.45) is 1.38. The highest BCUT2D eigenvalue weighted by Gasteiger charge is 2.09. The third-order valence-electron chi connectivity index (χ3n) is 2.88. The van der Waals surface area contributed by atoms with Crippen LogP contribution >= 0.6 is 0 Å². The maximum Gasteiger partial charge on any atom is 0.337 e. The molecule has 3 N–H and O–H groups in total. The fraction of sp³-hybridized carbons (Fsp3) is 0.0588. The average Bonchev–Trinajstić information content (AvgIpc) is 2.48. The third-order valence-corrected chi connectivity index (χ3v) is 2.88. The number of nitrogens with one attached hydrogen (secondary N) is 2. The molecule has 0 bridgehead atoms. The van der Waals surface area contributed by atoms with Crippen molar-refractivity contribution in [2.24, 2.45) is 0 Å². The van der Waals surface area contributed by atoms with Gasteiger partial charge < -0.3 is 15.7 Å². The minimum Gasteiger partial charge on any atom is -0.478 e. The second-order valence-corrected chi connectivity index (χ2v) is 4.66. The molecular weight excluding hydrogens is 280 g/mol. The number of hydrogen-bond acceptors (Lipinski definition) is 3. The van der Waals surface area contributed by atoms with E-state index in [0.717, 1.165) is 0 Å². The predicted molar refractivity (Wildman–Crippen MR) is 85.9 cm³/mol. The maximum atomic E-state index is 11.9. The van der Waals surface area contributed by atoms with E-state index >= 15 is 0 Å². The molecular formula is C17H16N2O3. The molecule has 0 aliphatic carbocycles. The summed E-state index contributed by atoms with van der Waals surface area (Å²) in [6, 6.07) is 15.6. The topological polar surface area (TPSA) is 78.4 Å². The summed E-state index contributed by atoms with van der Waals surface area (Å²) in [7, 11) is 0. The van der Waals surface area contributed by atoms with E-state index in [2.05, 4.69) is 10.6 Å². The van der Waals surface area contributed by atoms with Gasteiger partial charge >= 0.3 is 5.97 Å². The molecule has 0 saturated carbocycles. The highest BCUT2D eigenvalue weighted by molar-refractivity contribution is 6.00. The molecule has 0 aliphatic heterocycles. The molecule has 0 radical (unpaired) electrons. The van der Waals surface area contributed by atoms with Crippen molar-refractivity contribution < 1.29 is 14.7 Å². The minimum absolute atomic E-state index is 0.152. The summed E-state index contributed by atoms with van der Waals surface area (Å²) < 4.78 is 0. The summed E-state index contributed by atoms with van der Waals surface area (Å²) in [4.78, 5) is 23.0. The second kappa shape index (κ2) is 7.08. The van der Waals surface area contributed by atoms with Crippen molar-refractivity contribution in [3.8, 4) is 0 Å². The van der Waals surface area contributed by atoms with E-state index in [1.807, 2.05) is 18.2 Å². The molecule has 0 fully saturated rings. The monoisotopic (exact) mass is 296 g/mol. The number of carboxylic acid groups (broad SMARTS) is 1. The van der Waals surface area contributed by atoms with Crippen LogP contribution < -0.4 is 10.6 Å². The van der Waals surface area contributed by atoms with Crippen molar-refractivity contribution in [2.75, 3.05) is 10.6 Å². The third kappa shape index (κ3) is 4.21. The van der Waals surface area contributed by atoms with E-state index in [0.29, 0.717) is 17.1 Å². The van der Waals surface area contributed by atoms with E-state index in [4.69, 9.17) is 5.11 Å². The second-order valence-electron chi connectivity index (χ2n) is 4.66. The highest BCUT2D eigenvalue weighted by atomic mass is 16.4. The van der Waals surface area contributed by atoms with E-state index in [9.17, 15) is 9.59 Å². The van der Waals surface area contributed by atoms with E-state index in [1.54, 1.807) is 37.3 Å². The molecule has 0 saturated heterocycles. The van der Waals surface area contributed by atoms with Gasteiger partial charge in [0.05, 0.1) is 11.3 Å². The molecule has 5 nitrogen and oxygen atoms in total. The lowest BCUT2D eigenvalue weighted by Gasteiger charge is -2.09. The molecule has 0 aliphatic rings. The molecule has 2 rings (SSSR count). The number of allylic oxidation sites excluding steroid dienone is 1. The molecule has 0 atom stereocenters. The molecule has 22 heavy (non-hydrogen) atoms. The number of carbonyl (C=O) groups excluding carboxylic acids is 1. The summed E-state index contributed by atoms with van der Waals surface area (Å²) in [5.41, 5.74) is 1.83. The van der Waals surface area contributed by atoms with Crippen LogP contribution in [0.3, 0.4) is 0 Å². The quantitative estimate of drug-likeness (QED) is 0.739. The Morgan fingerprint density at radius 3 is 2.27 bits per heavy atom. The fourth-order valence-electron chi connectivity index (χ4n) is 1.92. The van der Waals surface area contributed by atoms with Crippen molar-refractivity contribution in [2.45, 2.75) is 6.92 Å². The minimum atomic E-state index is -1.02. The van der Waals surface area contributed by atoms with Gasteiger partial charge in [0.25, 0.3) is 0 Å². The lowest BCUT2D eigenvalue weighted by molar-refractivity contribution is -0.111. The van der Waals surface area contributed by atoms with Crippen LogP contribution in [0.5, 0.6) is 0 Å². The highest BCUT2D eigenvalue weighted by Crippen LogP contribution is 2.17. The molecule has 1 amide bonds. The molecule has 0 spiro atoms. The Morgan fingerprint density at radius 2 is 1.59 bits per heavy atom. The Kier molecular flexibility index (Phi) is 4.93. The van der Waals surface area contributed by atoms with Crippen LogP contribution in [0.15, 0.2) is 66.4 Å². The van der Waals surface area contributed by atoms with Gasteiger partial charge in [-0.15, -0.1) is 0 Å². The number of rotatable bonds is 5. The lowest BCUT2D eigenvalue weighted by Crippen LogP contribution is -2.11. The number of hydrogen-bond donors (Lipinski definition) is 3. The molecule has 0 unspecified atom stereocenters. The molecule has 0 heterocycles. The van der Waals surface area contributed by atoms with Gasteiger partial charge in [-0.3, -0.25) is 4.79 Å². The van der Waals surface area contributed by atoms with Gasteiger partial charge in [0.15, 0.2) is 0 Å². The van der Waals surface area contributed by atoms with Crippen LogP contribution in [0.1, 0.15) is 17.3 Å². The van der Waals surface area contributed by atoms with Crippen molar-refractivity contribution in [1.82, 2.24) is 0 Å². The van der Waals surface area contributed by atoms with Crippen LogP contribution in [-0.4, -0.2) is 17.0 Å². The van der Waals surface area contributed by atoms with Gasteiger partial charge in [0.2, 0.25) is 5.91 Å². The number of para-hydroxylation sites is 2. The zero-order valence-electron chi connectivity index (χ0n) is 12.0. The Hall–Kier alpha value is -3.08. The summed E-state index contributed by atoms with van der Waals surface area (Å²) in [5, 5.41) is 14.8. The number of aromatic carboxylic acids is 1. The Morgan fingerprint density at radius 1 is 0.955 bits per heavy atom. The van der Waals surface area contributed by atoms with E-state index < -0.39 is 5.97 Å².